The van der Waals surface area contributed by atoms with Crippen molar-refractivity contribution < 1.29 is 8.42 Å². The summed E-state index contributed by atoms with van der Waals surface area (Å²) in [4.78, 5) is 4.16. The van der Waals surface area contributed by atoms with Gasteiger partial charge in [0.15, 0.2) is 0 Å². The Morgan fingerprint density at radius 3 is 2.62 bits per heavy atom. The van der Waals surface area contributed by atoms with Crippen molar-refractivity contribution in [2.24, 2.45) is 0 Å². The van der Waals surface area contributed by atoms with Crippen LogP contribution in [0.1, 0.15) is 19.8 Å². The summed E-state index contributed by atoms with van der Waals surface area (Å²) in [5.41, 5.74) is 0. The van der Waals surface area contributed by atoms with E-state index >= 15 is 0 Å². The maximum Gasteiger partial charge on any atom is 0.242 e. The minimum Gasteiger partial charge on any atom is -0.373 e. The molecule has 0 bridgehead atoms. The normalized spacial score (nSPS) is 11.4. The Bertz CT molecular complexity index is 414. The zero-order valence-electron chi connectivity index (χ0n) is 9.53. The monoisotopic (exact) mass is 243 g/mol. The SMILES string of the molecule is CCCCNS(=O)(=O)c1ccc(NC)nc1. The molecule has 0 aliphatic carbocycles. The van der Waals surface area contributed by atoms with Crippen LogP contribution in [0.15, 0.2) is 23.2 Å². The standard InChI is InChI=1S/C10H17N3O2S/c1-3-4-7-13-16(14,15)9-5-6-10(11-2)12-8-9/h5-6,8,13H,3-4,7H2,1-2H3,(H,11,12). The lowest BCUT2D eigenvalue weighted by atomic mass is 10.3. The molecular weight excluding hydrogens is 226 g/mol. The summed E-state index contributed by atoms with van der Waals surface area (Å²) >= 11 is 0. The van der Waals surface area contributed by atoms with Crippen LogP contribution in [-0.2, 0) is 10.0 Å². The third kappa shape index (κ3) is 3.46. The first kappa shape index (κ1) is 12.9. The largest absolute Gasteiger partial charge is 0.373 e. The maximum absolute atomic E-state index is 11.7. The number of unbranched alkanes of at least 4 members (excludes halogenated alkanes) is 1. The molecule has 0 fully saturated rings. The molecule has 0 aromatic carbocycles. The number of hydrogen-bond acceptors (Lipinski definition) is 4. The Balaban J connectivity index is 2.74. The molecule has 0 aliphatic rings. The molecule has 0 saturated heterocycles. The summed E-state index contributed by atoms with van der Waals surface area (Å²) in [6.45, 7) is 2.48. The second kappa shape index (κ2) is 5.81. The van der Waals surface area contributed by atoms with Gasteiger partial charge in [0, 0.05) is 19.8 Å². The van der Waals surface area contributed by atoms with Gasteiger partial charge in [-0.25, -0.2) is 18.1 Å². The van der Waals surface area contributed by atoms with Gasteiger partial charge in [0.05, 0.1) is 0 Å². The average Bonchev–Trinajstić information content (AvgIpc) is 2.29. The van der Waals surface area contributed by atoms with E-state index in [4.69, 9.17) is 0 Å². The summed E-state index contributed by atoms with van der Waals surface area (Å²) < 4.78 is 26.0. The molecule has 0 aliphatic heterocycles. The van der Waals surface area contributed by atoms with Gasteiger partial charge in [-0.1, -0.05) is 13.3 Å². The number of aromatic nitrogens is 1. The highest BCUT2D eigenvalue weighted by Gasteiger charge is 2.12. The van der Waals surface area contributed by atoms with Crippen LogP contribution < -0.4 is 10.0 Å². The van der Waals surface area contributed by atoms with Crippen molar-refractivity contribution in [2.45, 2.75) is 24.7 Å². The number of hydrogen-bond donors (Lipinski definition) is 2. The minimum absolute atomic E-state index is 0.197. The Morgan fingerprint density at radius 1 is 1.38 bits per heavy atom. The van der Waals surface area contributed by atoms with Crippen molar-refractivity contribution in [3.8, 4) is 0 Å². The average molecular weight is 243 g/mol. The van der Waals surface area contributed by atoms with Gasteiger partial charge in [-0.15, -0.1) is 0 Å². The Kier molecular flexibility index (Phi) is 4.70. The molecule has 0 unspecified atom stereocenters. The van der Waals surface area contributed by atoms with Crippen LogP contribution in [0.2, 0.25) is 0 Å². The summed E-state index contributed by atoms with van der Waals surface area (Å²) in [6, 6.07) is 3.17. The summed E-state index contributed by atoms with van der Waals surface area (Å²) in [6.07, 6.45) is 3.14. The van der Waals surface area contributed by atoms with Gasteiger partial charge >= 0.3 is 0 Å². The van der Waals surface area contributed by atoms with E-state index in [2.05, 4.69) is 15.0 Å². The van der Waals surface area contributed by atoms with Crippen LogP contribution in [0.25, 0.3) is 0 Å². The van der Waals surface area contributed by atoms with Gasteiger partial charge in [-0.2, -0.15) is 0 Å². The van der Waals surface area contributed by atoms with Crippen LogP contribution in [-0.4, -0.2) is 27.0 Å². The molecule has 0 amide bonds. The molecule has 0 radical (unpaired) electrons. The maximum atomic E-state index is 11.7. The number of nitrogens with zero attached hydrogens (tertiary/aromatic N) is 1. The first-order valence-electron chi connectivity index (χ1n) is 5.23. The van der Waals surface area contributed by atoms with E-state index in [-0.39, 0.29) is 4.90 Å². The van der Waals surface area contributed by atoms with Gasteiger partial charge in [0.25, 0.3) is 0 Å². The fourth-order valence-electron chi connectivity index (χ4n) is 1.15. The molecule has 6 heteroatoms. The molecule has 5 nitrogen and oxygen atoms in total. The minimum atomic E-state index is -3.40. The van der Waals surface area contributed by atoms with Crippen molar-refractivity contribution in [3.63, 3.8) is 0 Å². The van der Waals surface area contributed by atoms with Gasteiger partial charge in [-0.3, -0.25) is 0 Å². The lowest BCUT2D eigenvalue weighted by Gasteiger charge is -2.06. The highest BCUT2D eigenvalue weighted by molar-refractivity contribution is 7.89. The summed E-state index contributed by atoms with van der Waals surface area (Å²) in [5.74, 6) is 0.646. The molecule has 1 aromatic heterocycles. The number of anilines is 1. The second-order valence-corrected chi connectivity index (χ2v) is 5.15. The van der Waals surface area contributed by atoms with Crippen LogP contribution in [0.5, 0.6) is 0 Å². The summed E-state index contributed by atoms with van der Waals surface area (Å²) in [5, 5.41) is 2.83. The van der Waals surface area contributed by atoms with E-state index in [1.165, 1.54) is 12.3 Å². The molecule has 2 N–H and O–H groups in total. The number of nitrogens with one attached hydrogen (secondary N) is 2. The van der Waals surface area contributed by atoms with Gasteiger partial charge in [0.2, 0.25) is 10.0 Å². The molecule has 0 saturated carbocycles. The van der Waals surface area contributed by atoms with Crippen molar-refractivity contribution >= 4 is 15.8 Å². The lowest BCUT2D eigenvalue weighted by molar-refractivity contribution is 0.578. The van der Waals surface area contributed by atoms with Crippen LogP contribution in [0.3, 0.4) is 0 Å². The van der Waals surface area contributed by atoms with Crippen molar-refractivity contribution in [2.75, 3.05) is 18.9 Å². The Morgan fingerprint density at radius 2 is 2.12 bits per heavy atom. The molecule has 0 spiro atoms. The van der Waals surface area contributed by atoms with E-state index in [0.717, 1.165) is 12.8 Å². The number of rotatable bonds is 6. The first-order valence-corrected chi connectivity index (χ1v) is 6.72. The number of sulfonamides is 1. The van der Waals surface area contributed by atoms with E-state index in [1.54, 1.807) is 13.1 Å². The fourth-order valence-corrected chi connectivity index (χ4v) is 2.17. The Hall–Kier alpha value is -1.14. The van der Waals surface area contributed by atoms with Crippen LogP contribution in [0, 0.1) is 0 Å². The topological polar surface area (TPSA) is 71.1 Å². The predicted octanol–water partition coefficient (Wildman–Crippen LogP) is 1.20. The van der Waals surface area contributed by atoms with Crippen LogP contribution >= 0.6 is 0 Å². The van der Waals surface area contributed by atoms with E-state index in [9.17, 15) is 8.42 Å². The van der Waals surface area contributed by atoms with E-state index in [1.807, 2.05) is 6.92 Å². The van der Waals surface area contributed by atoms with Crippen molar-refractivity contribution in [1.29, 1.82) is 0 Å². The zero-order valence-corrected chi connectivity index (χ0v) is 10.3. The quantitative estimate of drug-likeness (QED) is 0.737. The van der Waals surface area contributed by atoms with Crippen molar-refractivity contribution in [3.05, 3.63) is 18.3 Å². The highest BCUT2D eigenvalue weighted by Crippen LogP contribution is 2.09. The second-order valence-electron chi connectivity index (χ2n) is 3.38. The third-order valence-corrected chi connectivity index (χ3v) is 3.57. The zero-order chi connectivity index (χ0) is 12.0. The number of pyridine rings is 1. The van der Waals surface area contributed by atoms with Gasteiger partial charge in [0.1, 0.15) is 10.7 Å². The molecular formula is C10H17N3O2S. The smallest absolute Gasteiger partial charge is 0.242 e. The lowest BCUT2D eigenvalue weighted by Crippen LogP contribution is -2.24. The molecule has 1 rings (SSSR count). The van der Waals surface area contributed by atoms with Crippen molar-refractivity contribution in [1.82, 2.24) is 9.71 Å². The highest BCUT2D eigenvalue weighted by atomic mass is 32.2. The molecule has 16 heavy (non-hydrogen) atoms. The third-order valence-electron chi connectivity index (χ3n) is 2.13. The molecule has 1 heterocycles. The molecule has 90 valence electrons. The van der Waals surface area contributed by atoms with Gasteiger partial charge in [-0.05, 0) is 18.6 Å². The van der Waals surface area contributed by atoms with E-state index in [0.29, 0.717) is 12.4 Å². The first-order chi connectivity index (χ1) is 7.60. The van der Waals surface area contributed by atoms with Gasteiger partial charge < -0.3 is 5.32 Å². The molecule has 1 aromatic rings. The predicted molar refractivity (Wildman–Crippen MR) is 63.9 cm³/mol. The Labute approximate surface area is 96.3 Å². The molecule has 0 atom stereocenters. The summed E-state index contributed by atoms with van der Waals surface area (Å²) in [7, 11) is -1.67. The fraction of sp³-hybridized carbons (Fsp3) is 0.500. The van der Waals surface area contributed by atoms with E-state index < -0.39 is 10.0 Å². The van der Waals surface area contributed by atoms with Crippen LogP contribution in [0.4, 0.5) is 5.82 Å².